The summed E-state index contributed by atoms with van der Waals surface area (Å²) in [6.07, 6.45) is 0. The predicted molar refractivity (Wildman–Crippen MR) is 62.5 cm³/mol. The van der Waals surface area contributed by atoms with E-state index in [1.165, 1.54) is 4.31 Å². The topological polar surface area (TPSA) is 37.4 Å². The SMILES string of the molecule is CC#CCN(C(C)C)S(=O)(=O)CC#CC. The quantitative estimate of drug-likeness (QED) is 0.674. The van der Waals surface area contributed by atoms with Crippen LogP contribution in [0.5, 0.6) is 0 Å². The van der Waals surface area contributed by atoms with Gasteiger partial charge in [-0.3, -0.25) is 0 Å². The van der Waals surface area contributed by atoms with Crippen molar-refractivity contribution in [1.82, 2.24) is 4.31 Å². The highest BCUT2D eigenvalue weighted by Gasteiger charge is 2.22. The minimum absolute atomic E-state index is 0.0884. The van der Waals surface area contributed by atoms with Crippen LogP contribution >= 0.6 is 0 Å². The summed E-state index contributed by atoms with van der Waals surface area (Å²) in [5.41, 5.74) is 0. The summed E-state index contributed by atoms with van der Waals surface area (Å²) in [5.74, 6) is 10.5. The van der Waals surface area contributed by atoms with Gasteiger partial charge in [0.2, 0.25) is 10.0 Å². The van der Waals surface area contributed by atoms with Gasteiger partial charge in [-0.1, -0.05) is 11.8 Å². The molecular weight excluding hydrogens is 210 g/mol. The van der Waals surface area contributed by atoms with Crippen molar-refractivity contribution in [2.75, 3.05) is 12.3 Å². The largest absolute Gasteiger partial charge is 0.226 e. The van der Waals surface area contributed by atoms with E-state index in [0.29, 0.717) is 0 Å². The highest BCUT2D eigenvalue weighted by atomic mass is 32.2. The number of hydrogen-bond acceptors (Lipinski definition) is 2. The van der Waals surface area contributed by atoms with Gasteiger partial charge in [-0.2, -0.15) is 4.31 Å². The molecule has 0 aliphatic heterocycles. The van der Waals surface area contributed by atoms with Crippen LogP contribution in [0.2, 0.25) is 0 Å². The molecule has 0 radical (unpaired) electrons. The number of sulfonamides is 1. The molecule has 3 nitrogen and oxygen atoms in total. The van der Waals surface area contributed by atoms with Crippen LogP contribution in [0, 0.1) is 23.7 Å². The molecule has 0 aliphatic carbocycles. The Labute approximate surface area is 92.9 Å². The van der Waals surface area contributed by atoms with Gasteiger partial charge < -0.3 is 0 Å². The third kappa shape index (κ3) is 4.88. The lowest BCUT2D eigenvalue weighted by molar-refractivity contribution is 0.389. The molecule has 0 aromatic carbocycles. The summed E-state index contributed by atoms with van der Waals surface area (Å²) in [5, 5.41) is 0. The zero-order chi connectivity index (χ0) is 11.9. The van der Waals surface area contributed by atoms with Crippen molar-refractivity contribution in [1.29, 1.82) is 0 Å². The summed E-state index contributed by atoms with van der Waals surface area (Å²) >= 11 is 0. The number of hydrogen-bond donors (Lipinski definition) is 0. The first kappa shape index (κ1) is 14.0. The fourth-order valence-electron chi connectivity index (χ4n) is 1.01. The summed E-state index contributed by atoms with van der Waals surface area (Å²) in [7, 11) is -3.30. The molecule has 0 saturated heterocycles. The standard InChI is InChI=1S/C11H17NO2S/c1-5-7-9-12(11(3)4)15(13,14)10-8-6-2/h11H,9-10H2,1-4H3. The first-order chi connectivity index (χ1) is 6.95. The summed E-state index contributed by atoms with van der Waals surface area (Å²) in [4.78, 5) is 0. The fourth-order valence-corrected chi connectivity index (χ4v) is 2.40. The van der Waals surface area contributed by atoms with Gasteiger partial charge in [-0.15, -0.1) is 11.8 Å². The second kappa shape index (κ2) is 6.50. The van der Waals surface area contributed by atoms with Crippen molar-refractivity contribution < 1.29 is 8.42 Å². The van der Waals surface area contributed by atoms with E-state index in [1.54, 1.807) is 13.8 Å². The summed E-state index contributed by atoms with van der Waals surface area (Å²) in [6.45, 7) is 7.21. The summed E-state index contributed by atoms with van der Waals surface area (Å²) in [6, 6.07) is -0.0884. The van der Waals surface area contributed by atoms with E-state index >= 15 is 0 Å². The van der Waals surface area contributed by atoms with Crippen LogP contribution in [0.4, 0.5) is 0 Å². The van der Waals surface area contributed by atoms with Crippen molar-refractivity contribution in [2.24, 2.45) is 0 Å². The van der Waals surface area contributed by atoms with Crippen molar-refractivity contribution in [3.05, 3.63) is 0 Å². The van der Waals surface area contributed by atoms with Crippen LogP contribution in [-0.2, 0) is 10.0 Å². The normalized spacial score (nSPS) is 10.5. The van der Waals surface area contributed by atoms with Crippen LogP contribution < -0.4 is 0 Å². The molecule has 0 N–H and O–H groups in total. The molecule has 0 saturated carbocycles. The van der Waals surface area contributed by atoms with Crippen molar-refractivity contribution >= 4 is 10.0 Å². The van der Waals surface area contributed by atoms with E-state index in [4.69, 9.17) is 0 Å². The van der Waals surface area contributed by atoms with E-state index in [9.17, 15) is 8.42 Å². The minimum atomic E-state index is -3.30. The lowest BCUT2D eigenvalue weighted by atomic mass is 10.4. The maximum absolute atomic E-state index is 11.8. The van der Waals surface area contributed by atoms with E-state index in [1.807, 2.05) is 13.8 Å². The second-order valence-electron chi connectivity index (χ2n) is 3.25. The molecule has 0 bridgehead atoms. The minimum Gasteiger partial charge on any atom is -0.211 e. The van der Waals surface area contributed by atoms with E-state index < -0.39 is 10.0 Å². The smallest absolute Gasteiger partial charge is 0.211 e. The van der Waals surface area contributed by atoms with Gasteiger partial charge >= 0.3 is 0 Å². The average molecular weight is 227 g/mol. The Morgan fingerprint density at radius 3 is 2.07 bits per heavy atom. The summed E-state index contributed by atoms with van der Waals surface area (Å²) < 4.78 is 25.0. The van der Waals surface area contributed by atoms with Crippen molar-refractivity contribution in [3.8, 4) is 23.7 Å². The van der Waals surface area contributed by atoms with Crippen LogP contribution in [-0.4, -0.2) is 31.1 Å². The van der Waals surface area contributed by atoms with Gasteiger partial charge in [0.15, 0.2) is 0 Å². The van der Waals surface area contributed by atoms with Crippen LogP contribution in [0.25, 0.3) is 0 Å². The first-order valence-corrected chi connectivity index (χ1v) is 6.35. The Kier molecular flexibility index (Phi) is 6.08. The molecule has 0 atom stereocenters. The van der Waals surface area contributed by atoms with Gasteiger partial charge in [-0.25, -0.2) is 8.42 Å². The average Bonchev–Trinajstić information content (AvgIpc) is 2.14. The molecule has 0 fully saturated rings. The fraction of sp³-hybridized carbons (Fsp3) is 0.636. The molecule has 0 spiro atoms. The monoisotopic (exact) mass is 227 g/mol. The zero-order valence-corrected chi connectivity index (χ0v) is 10.5. The molecule has 0 aromatic heterocycles. The van der Waals surface area contributed by atoms with Crippen LogP contribution in [0.3, 0.4) is 0 Å². The Morgan fingerprint density at radius 2 is 1.67 bits per heavy atom. The molecule has 4 heteroatoms. The molecule has 0 rings (SSSR count). The first-order valence-electron chi connectivity index (χ1n) is 4.74. The van der Waals surface area contributed by atoms with E-state index in [2.05, 4.69) is 23.7 Å². The molecule has 0 amide bonds. The van der Waals surface area contributed by atoms with Gasteiger partial charge in [0.05, 0.1) is 6.54 Å². The highest BCUT2D eigenvalue weighted by Crippen LogP contribution is 2.06. The third-order valence-corrected chi connectivity index (χ3v) is 3.55. The van der Waals surface area contributed by atoms with Gasteiger partial charge in [-0.05, 0) is 27.7 Å². The van der Waals surface area contributed by atoms with Crippen molar-refractivity contribution in [3.63, 3.8) is 0 Å². The molecule has 0 aliphatic rings. The second-order valence-corrected chi connectivity index (χ2v) is 5.17. The van der Waals surface area contributed by atoms with Crippen LogP contribution in [0.1, 0.15) is 27.7 Å². The van der Waals surface area contributed by atoms with Crippen molar-refractivity contribution in [2.45, 2.75) is 33.7 Å². The molecular formula is C11H17NO2S. The molecule has 0 unspecified atom stereocenters. The van der Waals surface area contributed by atoms with Gasteiger partial charge in [0.1, 0.15) is 5.75 Å². The number of nitrogens with zero attached hydrogens (tertiary/aromatic N) is 1. The molecule has 0 aromatic rings. The molecule has 0 heterocycles. The van der Waals surface area contributed by atoms with E-state index in [0.717, 1.165) is 0 Å². The predicted octanol–water partition coefficient (Wildman–Crippen LogP) is 1.07. The van der Waals surface area contributed by atoms with Crippen LogP contribution in [0.15, 0.2) is 0 Å². The Morgan fingerprint density at radius 1 is 1.13 bits per heavy atom. The van der Waals surface area contributed by atoms with E-state index in [-0.39, 0.29) is 18.3 Å². The maximum Gasteiger partial charge on any atom is 0.226 e. The van der Waals surface area contributed by atoms with Gasteiger partial charge in [0, 0.05) is 6.04 Å². The number of rotatable bonds is 4. The molecule has 84 valence electrons. The maximum atomic E-state index is 11.8. The molecule has 15 heavy (non-hydrogen) atoms. The van der Waals surface area contributed by atoms with Gasteiger partial charge in [0.25, 0.3) is 0 Å². The highest BCUT2D eigenvalue weighted by molar-refractivity contribution is 7.89. The zero-order valence-electron chi connectivity index (χ0n) is 9.66. The Hall–Kier alpha value is -0.970. The third-order valence-electron chi connectivity index (χ3n) is 1.78. The lowest BCUT2D eigenvalue weighted by Crippen LogP contribution is -2.38. The Balaban J connectivity index is 4.85. The lowest BCUT2D eigenvalue weighted by Gasteiger charge is -2.22. The Bertz CT molecular complexity index is 401.